The van der Waals surface area contributed by atoms with Gasteiger partial charge in [-0.25, -0.2) is 4.98 Å². The monoisotopic (exact) mass is 352 g/mol. The van der Waals surface area contributed by atoms with Gasteiger partial charge in [0, 0.05) is 18.2 Å². The number of hydrogen-bond acceptors (Lipinski definition) is 1. The molecule has 0 aliphatic carbocycles. The summed E-state index contributed by atoms with van der Waals surface area (Å²) in [5, 5.41) is 3.54. The lowest BCUT2D eigenvalue weighted by atomic mass is 10.0. The van der Waals surface area contributed by atoms with Gasteiger partial charge in [0.25, 0.3) is 0 Å². The van der Waals surface area contributed by atoms with Crippen molar-refractivity contribution < 1.29 is 0 Å². The molecule has 0 amide bonds. The second-order valence-corrected chi connectivity index (χ2v) is 6.50. The van der Waals surface area contributed by atoms with Crippen LogP contribution in [-0.2, 0) is 6.42 Å². The van der Waals surface area contributed by atoms with E-state index in [1.54, 1.807) is 0 Å². The molecule has 0 spiro atoms. The van der Waals surface area contributed by atoms with E-state index >= 15 is 0 Å². The zero-order valence-corrected chi connectivity index (χ0v) is 14.3. The van der Waals surface area contributed by atoms with E-state index in [9.17, 15) is 0 Å². The van der Waals surface area contributed by atoms with Gasteiger partial charge in [-0.05, 0) is 28.5 Å². The lowest BCUT2D eigenvalue weighted by molar-refractivity contribution is 1.03. The predicted octanol–water partition coefficient (Wildman–Crippen LogP) is 6.13. The quantitative estimate of drug-likeness (QED) is 0.472. The zero-order chi connectivity index (χ0) is 16.5. The van der Waals surface area contributed by atoms with Gasteiger partial charge in [0.2, 0.25) is 0 Å². The topological polar surface area (TPSA) is 28.7 Å². The summed E-state index contributed by atoms with van der Waals surface area (Å²) >= 11 is 12.1. The van der Waals surface area contributed by atoms with Gasteiger partial charge in [0.15, 0.2) is 0 Å². The van der Waals surface area contributed by atoms with Crippen LogP contribution in [0.3, 0.4) is 0 Å². The van der Waals surface area contributed by atoms with Gasteiger partial charge in [-0.2, -0.15) is 0 Å². The summed E-state index contributed by atoms with van der Waals surface area (Å²) in [6, 6.07) is 20.3. The number of fused-ring (bicyclic) bond motifs is 1. The minimum atomic E-state index is 0.565. The van der Waals surface area contributed by atoms with Crippen molar-refractivity contribution in [3.05, 3.63) is 88.3 Å². The number of nitrogens with zero attached hydrogens (tertiary/aromatic N) is 1. The number of aromatic nitrogens is 2. The van der Waals surface area contributed by atoms with Crippen LogP contribution in [0.1, 0.15) is 11.4 Å². The number of rotatable bonds is 3. The van der Waals surface area contributed by atoms with Crippen LogP contribution in [0.4, 0.5) is 0 Å². The first-order valence-electron chi connectivity index (χ1n) is 7.67. The summed E-state index contributed by atoms with van der Waals surface area (Å²) in [7, 11) is 0. The minimum absolute atomic E-state index is 0.565. The van der Waals surface area contributed by atoms with Crippen LogP contribution >= 0.6 is 23.2 Å². The molecule has 0 radical (unpaired) electrons. The molecule has 4 heteroatoms. The summed E-state index contributed by atoms with van der Waals surface area (Å²) in [4.78, 5) is 8.01. The molecular weight excluding hydrogens is 339 g/mol. The van der Waals surface area contributed by atoms with Gasteiger partial charge in [-0.1, -0.05) is 71.7 Å². The van der Waals surface area contributed by atoms with E-state index in [1.807, 2.05) is 30.5 Å². The summed E-state index contributed by atoms with van der Waals surface area (Å²) in [5.74, 6) is 0.899. The van der Waals surface area contributed by atoms with E-state index < -0.39 is 0 Å². The fraction of sp³-hybridized carbons (Fsp3) is 0.0500. The average molecular weight is 353 g/mol. The lowest BCUT2D eigenvalue weighted by Crippen LogP contribution is -1.91. The Morgan fingerprint density at radius 1 is 0.875 bits per heavy atom. The summed E-state index contributed by atoms with van der Waals surface area (Å²) < 4.78 is 0. The average Bonchev–Trinajstić information content (AvgIpc) is 3.06. The van der Waals surface area contributed by atoms with Crippen molar-refractivity contribution in [1.29, 1.82) is 0 Å². The Labute approximate surface area is 150 Å². The van der Waals surface area contributed by atoms with Crippen molar-refractivity contribution >= 4 is 34.0 Å². The Hall–Kier alpha value is -2.29. The van der Waals surface area contributed by atoms with Crippen molar-refractivity contribution in [2.75, 3.05) is 0 Å². The van der Waals surface area contributed by atoms with Crippen LogP contribution < -0.4 is 0 Å². The highest BCUT2D eigenvalue weighted by Crippen LogP contribution is 2.28. The maximum Gasteiger partial charge on any atom is 0.111 e. The molecule has 0 atom stereocenters. The normalized spacial score (nSPS) is 11.1. The molecule has 0 saturated carbocycles. The number of H-pyrrole nitrogens is 1. The Bertz CT molecular complexity index is 1020. The predicted molar refractivity (Wildman–Crippen MR) is 101 cm³/mol. The van der Waals surface area contributed by atoms with Crippen molar-refractivity contribution in [3.63, 3.8) is 0 Å². The van der Waals surface area contributed by atoms with Gasteiger partial charge in [-0.3, -0.25) is 0 Å². The molecule has 2 nitrogen and oxygen atoms in total. The fourth-order valence-electron chi connectivity index (χ4n) is 2.88. The number of nitrogens with one attached hydrogen (secondary N) is 1. The van der Waals surface area contributed by atoms with E-state index in [4.69, 9.17) is 28.2 Å². The Morgan fingerprint density at radius 3 is 2.58 bits per heavy atom. The van der Waals surface area contributed by atoms with Crippen molar-refractivity contribution in [2.45, 2.75) is 6.42 Å². The number of imidazole rings is 1. The Kier molecular flexibility index (Phi) is 4.01. The largest absolute Gasteiger partial charge is 0.348 e. The number of hydrogen-bond donors (Lipinski definition) is 1. The molecule has 4 aromatic rings. The molecule has 4 rings (SSSR count). The Morgan fingerprint density at radius 2 is 1.71 bits per heavy atom. The second-order valence-electron chi connectivity index (χ2n) is 5.68. The van der Waals surface area contributed by atoms with Crippen LogP contribution in [0.5, 0.6) is 0 Å². The first-order chi connectivity index (χ1) is 11.7. The zero-order valence-electron chi connectivity index (χ0n) is 12.8. The molecule has 0 bridgehead atoms. The third-order valence-corrected chi connectivity index (χ3v) is 4.79. The molecule has 0 aliphatic rings. The maximum atomic E-state index is 6.08. The van der Waals surface area contributed by atoms with Crippen molar-refractivity contribution in [1.82, 2.24) is 9.97 Å². The smallest absolute Gasteiger partial charge is 0.111 e. The first-order valence-corrected chi connectivity index (χ1v) is 8.42. The van der Waals surface area contributed by atoms with Gasteiger partial charge in [0.05, 0.1) is 15.7 Å². The molecule has 0 unspecified atom stereocenters. The van der Waals surface area contributed by atoms with Crippen LogP contribution in [0, 0.1) is 0 Å². The third-order valence-electron chi connectivity index (χ3n) is 4.05. The maximum absolute atomic E-state index is 6.08. The van der Waals surface area contributed by atoms with Crippen LogP contribution in [-0.4, -0.2) is 9.97 Å². The summed E-state index contributed by atoms with van der Waals surface area (Å²) in [6.45, 7) is 0. The molecule has 118 valence electrons. The number of aromatic amines is 1. The highest BCUT2D eigenvalue weighted by Gasteiger charge is 2.09. The highest BCUT2D eigenvalue weighted by atomic mass is 35.5. The molecule has 1 aromatic heterocycles. The summed E-state index contributed by atoms with van der Waals surface area (Å²) in [5.41, 5.74) is 3.15. The van der Waals surface area contributed by atoms with Crippen LogP contribution in [0.2, 0.25) is 10.0 Å². The fourth-order valence-corrected chi connectivity index (χ4v) is 3.20. The molecule has 24 heavy (non-hydrogen) atoms. The minimum Gasteiger partial charge on any atom is -0.348 e. The lowest BCUT2D eigenvalue weighted by Gasteiger charge is -2.03. The third kappa shape index (κ3) is 2.91. The number of benzene rings is 3. The van der Waals surface area contributed by atoms with E-state index in [0.717, 1.165) is 22.6 Å². The molecular formula is C20H14Cl2N2. The number of halogens is 2. The summed E-state index contributed by atoms with van der Waals surface area (Å²) in [6.07, 6.45) is 2.64. The van der Waals surface area contributed by atoms with Crippen molar-refractivity contribution in [3.8, 4) is 11.3 Å². The molecule has 0 fully saturated rings. The van der Waals surface area contributed by atoms with Crippen LogP contribution in [0.15, 0.2) is 66.9 Å². The van der Waals surface area contributed by atoms with Crippen LogP contribution in [0.25, 0.3) is 22.0 Å². The van der Waals surface area contributed by atoms with E-state index in [-0.39, 0.29) is 0 Å². The second kappa shape index (κ2) is 6.31. The first kappa shape index (κ1) is 15.3. The van der Waals surface area contributed by atoms with Crippen molar-refractivity contribution in [2.24, 2.45) is 0 Å². The highest BCUT2D eigenvalue weighted by molar-refractivity contribution is 6.42. The van der Waals surface area contributed by atoms with Gasteiger partial charge < -0.3 is 4.98 Å². The standard InChI is InChI=1S/C20H14Cl2N2/c21-17-9-8-13(10-18(17)22)11-20-23-12-19(24-20)16-7-3-5-14-4-1-2-6-15(14)16/h1-10,12H,11H2,(H,23,24). The molecule has 0 aliphatic heterocycles. The van der Waals surface area contributed by atoms with Gasteiger partial charge >= 0.3 is 0 Å². The molecule has 0 saturated heterocycles. The molecule has 1 heterocycles. The SMILES string of the molecule is Clc1ccc(Cc2nc(-c3cccc4ccccc34)c[nH]2)cc1Cl. The van der Waals surface area contributed by atoms with E-state index in [0.29, 0.717) is 16.5 Å². The van der Waals surface area contributed by atoms with Gasteiger partial charge in [0.1, 0.15) is 5.82 Å². The Balaban J connectivity index is 1.68. The van der Waals surface area contributed by atoms with Gasteiger partial charge in [-0.15, -0.1) is 0 Å². The molecule has 3 aromatic carbocycles. The van der Waals surface area contributed by atoms with E-state index in [1.165, 1.54) is 10.8 Å². The molecule has 1 N–H and O–H groups in total. The van der Waals surface area contributed by atoms with E-state index in [2.05, 4.69) is 41.4 Å².